The van der Waals surface area contributed by atoms with Crippen LogP contribution in [0.15, 0.2) is 66.4 Å². The van der Waals surface area contributed by atoms with Crippen molar-refractivity contribution in [2.75, 3.05) is 12.3 Å². The van der Waals surface area contributed by atoms with Crippen molar-refractivity contribution in [3.05, 3.63) is 77.5 Å². The second-order valence-corrected chi connectivity index (χ2v) is 14.1. The van der Waals surface area contributed by atoms with Gasteiger partial charge in [-0.25, -0.2) is 0 Å². The topological polar surface area (TPSA) is 9.23 Å². The second-order valence-electron chi connectivity index (χ2n) is 6.92. The predicted octanol–water partition coefficient (Wildman–Crippen LogP) is 7.04. The van der Waals surface area contributed by atoms with Crippen LogP contribution < -0.4 is 0 Å². The molecule has 2 aromatic rings. The van der Waals surface area contributed by atoms with Gasteiger partial charge in [-0.05, 0) is 37.5 Å². The van der Waals surface area contributed by atoms with Gasteiger partial charge in [0.25, 0.3) is 0 Å². The van der Waals surface area contributed by atoms with Gasteiger partial charge in [0.2, 0.25) is 8.32 Å². The normalized spacial score (nSPS) is 11.1. The molecule has 0 atom stereocenters. The average Bonchev–Trinajstić information content (AvgIpc) is 2.61. The molecule has 0 aliphatic rings. The Labute approximate surface area is 155 Å². The number of hydrogen-bond acceptors (Lipinski definition) is 1. The Kier molecular flexibility index (Phi) is 7.26. The lowest BCUT2D eigenvalue weighted by Crippen LogP contribution is -2.24. The molecule has 0 saturated carbocycles. The van der Waals surface area contributed by atoms with Crippen LogP contribution in [0, 0.1) is 0 Å². The molecule has 0 heterocycles. The minimum atomic E-state index is -1.73. The fourth-order valence-corrected chi connectivity index (χ4v) is 5.26. The monoisotopic (exact) mass is 368 g/mol. The molecule has 0 unspecified atom stereocenters. The lowest BCUT2D eigenvalue weighted by molar-refractivity contribution is 0.515. The summed E-state index contributed by atoms with van der Waals surface area (Å²) in [4.78, 5) is 0. The zero-order valence-corrected chi connectivity index (χ0v) is 17.9. The van der Waals surface area contributed by atoms with Gasteiger partial charge in [-0.2, -0.15) is 0 Å². The molecule has 0 spiro atoms. The van der Waals surface area contributed by atoms with Gasteiger partial charge in [-0.3, -0.25) is 0 Å². The molecule has 0 N–H and O–H groups in total. The fraction of sp³-hybridized carbons (Fsp3) is 0.318. The zero-order chi connectivity index (χ0) is 18.3. The quantitative estimate of drug-likeness (QED) is 0.220. The van der Waals surface area contributed by atoms with Crippen molar-refractivity contribution in [1.29, 1.82) is 0 Å². The van der Waals surface area contributed by atoms with Crippen molar-refractivity contribution in [2.45, 2.75) is 33.5 Å². The van der Waals surface area contributed by atoms with Crippen LogP contribution in [0.4, 0.5) is 0 Å². The first-order chi connectivity index (χ1) is 11.9. The molecule has 0 radical (unpaired) electrons. The smallest absolute Gasteiger partial charge is 0.243 e. The second kappa shape index (κ2) is 9.20. The molecule has 0 saturated heterocycles. The van der Waals surface area contributed by atoms with Gasteiger partial charge in [0.15, 0.2) is 5.76 Å². The lowest BCUT2D eigenvalue weighted by atomic mass is 10.1. The van der Waals surface area contributed by atoms with Gasteiger partial charge in [0, 0.05) is 10.9 Å². The van der Waals surface area contributed by atoms with Crippen LogP contribution in [0.25, 0.3) is 11.1 Å². The van der Waals surface area contributed by atoms with Gasteiger partial charge in [0.05, 0.1) is 0 Å². The Morgan fingerprint density at radius 3 is 1.76 bits per heavy atom. The standard InChI is InChI=1S/C22H29OPSi/c1-6-24(7-2)22(20-16-12-9-13-17-20)18-21(23-25(3,4)5)19-14-10-8-11-15-19/h8-17H,6-7H2,1-5H3. The molecule has 132 valence electrons. The molecule has 2 aromatic carbocycles. The third-order valence-electron chi connectivity index (χ3n) is 3.80. The van der Waals surface area contributed by atoms with E-state index in [1.807, 2.05) is 6.07 Å². The van der Waals surface area contributed by atoms with E-state index >= 15 is 0 Å². The summed E-state index contributed by atoms with van der Waals surface area (Å²) >= 11 is 0. The minimum absolute atomic E-state index is 0.240. The summed E-state index contributed by atoms with van der Waals surface area (Å²) in [5, 5.41) is 1.32. The Morgan fingerprint density at radius 1 is 0.840 bits per heavy atom. The summed E-state index contributed by atoms with van der Waals surface area (Å²) in [6.45, 7) is 11.2. The van der Waals surface area contributed by atoms with Crippen LogP contribution in [0.5, 0.6) is 0 Å². The first-order valence-corrected chi connectivity index (χ1v) is 14.1. The molecule has 0 fully saturated rings. The molecule has 3 heteroatoms. The summed E-state index contributed by atoms with van der Waals surface area (Å²) in [7, 11) is -1.97. The highest BCUT2D eigenvalue weighted by atomic mass is 31.1. The van der Waals surface area contributed by atoms with Crippen molar-refractivity contribution >= 4 is 27.3 Å². The fourth-order valence-electron chi connectivity index (χ4n) is 2.63. The van der Waals surface area contributed by atoms with E-state index in [-0.39, 0.29) is 7.92 Å². The summed E-state index contributed by atoms with van der Waals surface area (Å²) in [5.41, 5.74) is 6.10. The Hall–Kier alpha value is -1.59. The number of hydrogen-bond donors (Lipinski definition) is 0. The first kappa shape index (κ1) is 19.7. The van der Waals surface area contributed by atoms with Crippen molar-refractivity contribution in [3.63, 3.8) is 0 Å². The molecule has 0 bridgehead atoms. The average molecular weight is 369 g/mol. The van der Waals surface area contributed by atoms with E-state index in [2.05, 4.69) is 93.8 Å². The van der Waals surface area contributed by atoms with E-state index < -0.39 is 8.32 Å². The van der Waals surface area contributed by atoms with Crippen LogP contribution in [0.3, 0.4) is 0 Å². The molecule has 0 aliphatic heterocycles. The maximum atomic E-state index is 6.45. The van der Waals surface area contributed by atoms with Crippen molar-refractivity contribution in [1.82, 2.24) is 0 Å². The maximum Gasteiger partial charge on any atom is 0.243 e. The third-order valence-corrected chi connectivity index (χ3v) is 7.15. The lowest BCUT2D eigenvalue weighted by Gasteiger charge is -2.22. The summed E-state index contributed by atoms with van der Waals surface area (Å²) in [6, 6.07) is 21.1. The van der Waals surface area contributed by atoms with Gasteiger partial charge < -0.3 is 4.43 Å². The Balaban J connectivity index is 2.70. The van der Waals surface area contributed by atoms with Gasteiger partial charge >= 0.3 is 0 Å². The Morgan fingerprint density at radius 2 is 1.32 bits per heavy atom. The molecule has 25 heavy (non-hydrogen) atoms. The van der Waals surface area contributed by atoms with Crippen LogP contribution in [0.1, 0.15) is 25.0 Å². The van der Waals surface area contributed by atoms with E-state index in [0.717, 1.165) is 23.6 Å². The summed E-state index contributed by atoms with van der Waals surface area (Å²) < 4.78 is 6.45. The van der Waals surface area contributed by atoms with E-state index in [1.165, 1.54) is 10.9 Å². The molecule has 0 amide bonds. The highest BCUT2D eigenvalue weighted by Gasteiger charge is 2.20. The number of benzene rings is 2. The van der Waals surface area contributed by atoms with Crippen LogP contribution in [0.2, 0.25) is 19.6 Å². The van der Waals surface area contributed by atoms with Crippen molar-refractivity contribution in [3.8, 4) is 0 Å². The van der Waals surface area contributed by atoms with Gasteiger partial charge in [-0.15, -0.1) is 0 Å². The molecular weight excluding hydrogens is 339 g/mol. The zero-order valence-electron chi connectivity index (χ0n) is 16.0. The Bertz CT molecular complexity index is 722. The largest absolute Gasteiger partial charge is 0.539 e. The van der Waals surface area contributed by atoms with Crippen LogP contribution in [-0.2, 0) is 4.43 Å². The van der Waals surface area contributed by atoms with E-state index in [1.54, 1.807) is 0 Å². The van der Waals surface area contributed by atoms with Gasteiger partial charge in [-0.1, -0.05) is 88.2 Å². The summed E-state index contributed by atoms with van der Waals surface area (Å²) in [5.74, 6) is 0.896. The minimum Gasteiger partial charge on any atom is -0.539 e. The van der Waals surface area contributed by atoms with Crippen molar-refractivity contribution in [2.24, 2.45) is 0 Å². The molecule has 2 rings (SSSR count). The van der Waals surface area contributed by atoms with Crippen molar-refractivity contribution < 1.29 is 4.43 Å². The molecule has 1 nitrogen and oxygen atoms in total. The first-order valence-electron chi connectivity index (χ1n) is 9.00. The molecule has 0 aromatic heterocycles. The summed E-state index contributed by atoms with van der Waals surface area (Å²) in [6.07, 6.45) is 2.33. The van der Waals surface area contributed by atoms with Gasteiger partial charge in [0.1, 0.15) is 0 Å². The predicted molar refractivity (Wildman–Crippen MR) is 116 cm³/mol. The van der Waals surface area contributed by atoms with E-state index in [0.29, 0.717) is 0 Å². The number of rotatable bonds is 7. The van der Waals surface area contributed by atoms with E-state index in [9.17, 15) is 0 Å². The maximum absolute atomic E-state index is 6.45. The van der Waals surface area contributed by atoms with Crippen LogP contribution >= 0.6 is 7.92 Å². The third kappa shape index (κ3) is 6.01. The SMILES string of the molecule is CCP(CC)C(=C=C(O[Si](C)(C)C)c1ccccc1)c1ccccc1. The molecule has 0 aliphatic carbocycles. The molecular formula is C22H29OPSi. The van der Waals surface area contributed by atoms with Crippen LogP contribution in [-0.4, -0.2) is 20.6 Å². The van der Waals surface area contributed by atoms with E-state index in [4.69, 9.17) is 4.43 Å². The highest BCUT2D eigenvalue weighted by molar-refractivity contribution is 7.68. The highest BCUT2D eigenvalue weighted by Crippen LogP contribution is 2.49.